The second kappa shape index (κ2) is 4.95. The van der Waals surface area contributed by atoms with Gasteiger partial charge in [-0.1, -0.05) is 36.4 Å². The van der Waals surface area contributed by atoms with E-state index in [1.165, 1.54) is 10.1 Å². The quantitative estimate of drug-likeness (QED) is 0.588. The van der Waals surface area contributed by atoms with Crippen LogP contribution in [-0.4, -0.2) is 10.1 Å². The Morgan fingerprint density at radius 3 is 2.71 bits per heavy atom. The molecule has 0 aliphatic rings. The SMILES string of the molecule is OC(c1cc2ccccc2s1)c1cccc2cnccc12. The molecule has 21 heavy (non-hydrogen) atoms. The highest BCUT2D eigenvalue weighted by Gasteiger charge is 2.16. The molecule has 0 spiro atoms. The predicted molar refractivity (Wildman–Crippen MR) is 87.6 cm³/mol. The Morgan fingerprint density at radius 1 is 0.952 bits per heavy atom. The standard InChI is InChI=1S/C18H13NOS/c20-18(17-10-12-4-1-2-7-16(12)21-17)15-6-3-5-13-11-19-9-8-14(13)15/h1-11,18,20H. The van der Waals surface area contributed by atoms with Crippen molar-refractivity contribution in [3.05, 3.63) is 77.4 Å². The van der Waals surface area contributed by atoms with Crippen LogP contribution in [0.25, 0.3) is 20.9 Å². The van der Waals surface area contributed by atoms with E-state index in [9.17, 15) is 5.11 Å². The Balaban J connectivity index is 1.87. The fourth-order valence-corrected chi connectivity index (χ4v) is 3.75. The maximum absolute atomic E-state index is 10.8. The number of thiophene rings is 1. The van der Waals surface area contributed by atoms with Crippen LogP contribution in [-0.2, 0) is 0 Å². The molecule has 102 valence electrons. The van der Waals surface area contributed by atoms with Crippen LogP contribution >= 0.6 is 11.3 Å². The van der Waals surface area contributed by atoms with Crippen molar-refractivity contribution >= 4 is 32.2 Å². The molecule has 4 rings (SSSR count). The van der Waals surface area contributed by atoms with Crippen molar-refractivity contribution in [1.82, 2.24) is 4.98 Å². The highest BCUT2D eigenvalue weighted by molar-refractivity contribution is 7.19. The van der Waals surface area contributed by atoms with Gasteiger partial charge in [-0.05, 0) is 34.5 Å². The van der Waals surface area contributed by atoms with E-state index in [4.69, 9.17) is 0 Å². The van der Waals surface area contributed by atoms with Gasteiger partial charge in [-0.2, -0.15) is 0 Å². The van der Waals surface area contributed by atoms with Crippen molar-refractivity contribution in [3.8, 4) is 0 Å². The van der Waals surface area contributed by atoms with Crippen LogP contribution in [0.2, 0.25) is 0 Å². The molecule has 3 heteroatoms. The van der Waals surface area contributed by atoms with E-state index in [1.54, 1.807) is 17.5 Å². The summed E-state index contributed by atoms with van der Waals surface area (Å²) in [5.41, 5.74) is 0.932. The van der Waals surface area contributed by atoms with E-state index in [0.29, 0.717) is 0 Å². The van der Waals surface area contributed by atoms with Crippen molar-refractivity contribution in [3.63, 3.8) is 0 Å². The third kappa shape index (κ3) is 2.11. The number of aliphatic hydroxyl groups excluding tert-OH is 1. The maximum atomic E-state index is 10.8. The molecule has 1 atom stereocenters. The molecule has 0 aliphatic carbocycles. The van der Waals surface area contributed by atoms with Crippen LogP contribution < -0.4 is 0 Å². The lowest BCUT2D eigenvalue weighted by atomic mass is 10.0. The number of pyridine rings is 1. The highest BCUT2D eigenvalue weighted by Crippen LogP contribution is 2.35. The fourth-order valence-electron chi connectivity index (χ4n) is 2.68. The minimum Gasteiger partial charge on any atom is -0.383 e. The largest absolute Gasteiger partial charge is 0.383 e. The maximum Gasteiger partial charge on any atom is 0.114 e. The van der Waals surface area contributed by atoms with Crippen molar-refractivity contribution in [1.29, 1.82) is 0 Å². The monoisotopic (exact) mass is 291 g/mol. The van der Waals surface area contributed by atoms with Crippen LogP contribution in [0.3, 0.4) is 0 Å². The number of hydrogen-bond donors (Lipinski definition) is 1. The van der Waals surface area contributed by atoms with Crippen LogP contribution in [0, 0.1) is 0 Å². The molecule has 0 radical (unpaired) electrons. The molecule has 0 amide bonds. The van der Waals surface area contributed by atoms with Gasteiger partial charge >= 0.3 is 0 Å². The molecule has 2 nitrogen and oxygen atoms in total. The van der Waals surface area contributed by atoms with Crippen LogP contribution in [0.5, 0.6) is 0 Å². The molecule has 2 aromatic carbocycles. The van der Waals surface area contributed by atoms with E-state index in [1.807, 2.05) is 42.6 Å². The van der Waals surface area contributed by atoms with Gasteiger partial charge in [-0.25, -0.2) is 0 Å². The van der Waals surface area contributed by atoms with Gasteiger partial charge in [0.25, 0.3) is 0 Å². The van der Waals surface area contributed by atoms with Gasteiger partial charge in [0.15, 0.2) is 0 Å². The van der Waals surface area contributed by atoms with E-state index in [2.05, 4.69) is 23.2 Å². The molecule has 2 heterocycles. The number of nitrogens with zero attached hydrogens (tertiary/aromatic N) is 1. The third-order valence-corrected chi connectivity index (χ3v) is 4.89. The molecule has 0 bridgehead atoms. The Morgan fingerprint density at radius 2 is 1.81 bits per heavy atom. The summed E-state index contributed by atoms with van der Waals surface area (Å²) in [6, 6.07) is 18.2. The Labute approximate surface area is 126 Å². The minimum atomic E-state index is -0.603. The molecule has 1 N–H and O–H groups in total. The number of rotatable bonds is 2. The third-order valence-electron chi connectivity index (χ3n) is 3.72. The number of aliphatic hydroxyl groups is 1. The summed E-state index contributed by atoms with van der Waals surface area (Å²) in [6.07, 6.45) is 2.99. The lowest BCUT2D eigenvalue weighted by molar-refractivity contribution is 0.226. The fraction of sp³-hybridized carbons (Fsp3) is 0.0556. The number of hydrogen-bond acceptors (Lipinski definition) is 3. The molecular weight excluding hydrogens is 278 g/mol. The van der Waals surface area contributed by atoms with Gasteiger partial charge < -0.3 is 5.11 Å². The summed E-state index contributed by atoms with van der Waals surface area (Å²) in [4.78, 5) is 5.11. The molecule has 0 saturated heterocycles. The summed E-state index contributed by atoms with van der Waals surface area (Å²) in [5.74, 6) is 0. The first-order valence-corrected chi connectivity index (χ1v) is 7.64. The van der Waals surface area contributed by atoms with Crippen molar-refractivity contribution in [2.24, 2.45) is 0 Å². The molecule has 0 fully saturated rings. The Hall–Kier alpha value is -2.23. The zero-order chi connectivity index (χ0) is 14.2. The summed E-state index contributed by atoms with van der Waals surface area (Å²) < 4.78 is 1.20. The highest BCUT2D eigenvalue weighted by atomic mass is 32.1. The molecule has 0 saturated carbocycles. The first-order valence-electron chi connectivity index (χ1n) is 6.82. The molecule has 4 aromatic rings. The lowest BCUT2D eigenvalue weighted by Gasteiger charge is -2.11. The van der Waals surface area contributed by atoms with E-state index in [-0.39, 0.29) is 0 Å². The Bertz CT molecular complexity index is 890. The lowest BCUT2D eigenvalue weighted by Crippen LogP contribution is -1.98. The van der Waals surface area contributed by atoms with E-state index in [0.717, 1.165) is 21.2 Å². The first kappa shape index (κ1) is 12.5. The van der Waals surface area contributed by atoms with Gasteiger partial charge in [-0.15, -0.1) is 11.3 Å². The van der Waals surface area contributed by atoms with Gasteiger partial charge in [0.05, 0.1) is 0 Å². The summed E-state index contributed by atoms with van der Waals surface area (Å²) >= 11 is 1.64. The molecule has 1 unspecified atom stereocenters. The van der Waals surface area contributed by atoms with E-state index >= 15 is 0 Å². The smallest absolute Gasteiger partial charge is 0.114 e. The summed E-state index contributed by atoms with van der Waals surface area (Å²) in [7, 11) is 0. The number of fused-ring (bicyclic) bond motifs is 2. The molecule has 0 aliphatic heterocycles. The van der Waals surface area contributed by atoms with E-state index < -0.39 is 6.10 Å². The average Bonchev–Trinajstić information content (AvgIpc) is 2.97. The van der Waals surface area contributed by atoms with Crippen molar-refractivity contribution < 1.29 is 5.11 Å². The van der Waals surface area contributed by atoms with Crippen molar-refractivity contribution in [2.45, 2.75) is 6.10 Å². The van der Waals surface area contributed by atoms with Gasteiger partial charge in [0.1, 0.15) is 6.10 Å². The Kier molecular flexibility index (Phi) is 2.95. The number of aromatic nitrogens is 1. The first-order chi connectivity index (χ1) is 10.3. The summed E-state index contributed by atoms with van der Waals surface area (Å²) in [6.45, 7) is 0. The second-order valence-electron chi connectivity index (χ2n) is 5.03. The second-order valence-corrected chi connectivity index (χ2v) is 6.15. The normalized spacial score (nSPS) is 12.8. The van der Waals surface area contributed by atoms with Gasteiger partial charge in [0, 0.05) is 27.4 Å². The van der Waals surface area contributed by atoms with Crippen LogP contribution in [0.1, 0.15) is 16.5 Å². The van der Waals surface area contributed by atoms with Gasteiger partial charge in [0.2, 0.25) is 0 Å². The minimum absolute atomic E-state index is 0.603. The number of benzene rings is 2. The zero-order valence-corrected chi connectivity index (χ0v) is 12.0. The zero-order valence-electron chi connectivity index (χ0n) is 11.2. The summed E-state index contributed by atoms with van der Waals surface area (Å²) in [5, 5.41) is 14.1. The molecular formula is C18H13NOS. The average molecular weight is 291 g/mol. The topological polar surface area (TPSA) is 33.1 Å². The predicted octanol–water partition coefficient (Wildman–Crippen LogP) is 4.53. The van der Waals surface area contributed by atoms with Crippen LogP contribution in [0.4, 0.5) is 0 Å². The van der Waals surface area contributed by atoms with Crippen LogP contribution in [0.15, 0.2) is 67.0 Å². The van der Waals surface area contributed by atoms with Gasteiger partial charge in [-0.3, -0.25) is 4.98 Å². The van der Waals surface area contributed by atoms with Crippen molar-refractivity contribution in [2.75, 3.05) is 0 Å². The molecule has 2 aromatic heterocycles.